The highest BCUT2D eigenvalue weighted by Gasteiger charge is 2.21. The summed E-state index contributed by atoms with van der Waals surface area (Å²) in [6, 6.07) is 0. The number of nitrogens with zero attached hydrogens (tertiary/aromatic N) is 1. The second-order valence-corrected chi connectivity index (χ2v) is 20.7. The number of phosphoric acid groups is 1. The van der Waals surface area contributed by atoms with Crippen LogP contribution in [0.4, 0.5) is 0 Å². The van der Waals surface area contributed by atoms with Crippen LogP contribution in [0, 0.1) is 0 Å². The molecule has 0 N–H and O–H groups in total. The van der Waals surface area contributed by atoms with E-state index in [2.05, 4.69) is 26.0 Å². The number of carbonyl (C=O) groups excluding carboxylic acids is 2. The van der Waals surface area contributed by atoms with Crippen LogP contribution in [0.5, 0.6) is 0 Å². The summed E-state index contributed by atoms with van der Waals surface area (Å²) >= 11 is 0. The standard InChI is InChI=1S/C52H102NO8P/c1-6-8-10-12-14-16-18-20-22-24-25-26-27-29-30-32-34-36-38-40-42-44-51(54)58-48-50(49-60-62(56,57)59-47-46-53(3,4)5)61-52(55)45-43-41-39-37-35-33-31-28-23-21-19-17-15-13-11-9-7-2/h20,22,50H,6-19,21,23-49H2,1-5H3/b22-20-/t50-/m1/s1. The molecule has 0 bridgehead atoms. The Morgan fingerprint density at radius 1 is 0.484 bits per heavy atom. The van der Waals surface area contributed by atoms with Crippen molar-refractivity contribution in [1.82, 2.24) is 0 Å². The average molecular weight is 900 g/mol. The van der Waals surface area contributed by atoms with E-state index in [1.807, 2.05) is 21.1 Å². The summed E-state index contributed by atoms with van der Waals surface area (Å²) in [5.41, 5.74) is 0. The average Bonchev–Trinajstić information content (AvgIpc) is 3.23. The van der Waals surface area contributed by atoms with Gasteiger partial charge in [0.05, 0.1) is 27.7 Å². The number of likely N-dealkylation sites (N-methyl/N-ethyl adjacent to an activating group) is 1. The Morgan fingerprint density at radius 3 is 1.19 bits per heavy atom. The quantitative estimate of drug-likeness (QED) is 0.0195. The largest absolute Gasteiger partial charge is 0.756 e. The summed E-state index contributed by atoms with van der Waals surface area (Å²) in [6.07, 6.45) is 49.5. The Morgan fingerprint density at radius 2 is 0.823 bits per heavy atom. The van der Waals surface area contributed by atoms with Crippen molar-refractivity contribution in [1.29, 1.82) is 0 Å². The van der Waals surface area contributed by atoms with Crippen LogP contribution >= 0.6 is 7.82 Å². The topological polar surface area (TPSA) is 111 Å². The Bertz CT molecular complexity index is 1060. The van der Waals surface area contributed by atoms with Gasteiger partial charge in [0.2, 0.25) is 0 Å². The lowest BCUT2D eigenvalue weighted by Crippen LogP contribution is -2.37. The van der Waals surface area contributed by atoms with Crippen LogP contribution in [0.15, 0.2) is 12.2 Å². The van der Waals surface area contributed by atoms with Gasteiger partial charge in [-0.05, 0) is 38.5 Å². The number of carbonyl (C=O) groups is 2. The van der Waals surface area contributed by atoms with Crippen molar-refractivity contribution in [3.63, 3.8) is 0 Å². The van der Waals surface area contributed by atoms with Crippen LogP contribution < -0.4 is 4.89 Å². The molecule has 0 spiro atoms. The fourth-order valence-corrected chi connectivity index (χ4v) is 8.38. The summed E-state index contributed by atoms with van der Waals surface area (Å²) in [5, 5.41) is 0. The zero-order valence-corrected chi connectivity index (χ0v) is 42.5. The summed E-state index contributed by atoms with van der Waals surface area (Å²) < 4.78 is 34.1. The van der Waals surface area contributed by atoms with E-state index in [4.69, 9.17) is 18.5 Å². The monoisotopic (exact) mass is 900 g/mol. The molecule has 0 aromatic heterocycles. The molecule has 2 atom stereocenters. The number of phosphoric ester groups is 1. The number of rotatable bonds is 49. The molecule has 0 aromatic carbocycles. The van der Waals surface area contributed by atoms with E-state index in [1.165, 1.54) is 193 Å². The number of hydrogen-bond acceptors (Lipinski definition) is 8. The van der Waals surface area contributed by atoms with Gasteiger partial charge in [0.25, 0.3) is 7.82 Å². The molecule has 0 aliphatic carbocycles. The third kappa shape index (κ3) is 48.2. The molecular weight excluding hydrogens is 798 g/mol. The Balaban J connectivity index is 4.19. The molecule has 0 aliphatic rings. The maximum atomic E-state index is 12.7. The molecule has 0 fully saturated rings. The molecule has 0 saturated carbocycles. The summed E-state index contributed by atoms with van der Waals surface area (Å²) in [4.78, 5) is 37.7. The first kappa shape index (κ1) is 60.8. The van der Waals surface area contributed by atoms with E-state index in [0.717, 1.165) is 32.1 Å². The van der Waals surface area contributed by atoms with Crippen molar-refractivity contribution in [3.05, 3.63) is 12.2 Å². The highest BCUT2D eigenvalue weighted by Crippen LogP contribution is 2.38. The van der Waals surface area contributed by atoms with E-state index in [-0.39, 0.29) is 32.0 Å². The van der Waals surface area contributed by atoms with Crippen LogP contribution in [0.3, 0.4) is 0 Å². The van der Waals surface area contributed by atoms with Crippen LogP contribution in [0.1, 0.15) is 258 Å². The highest BCUT2D eigenvalue weighted by atomic mass is 31.2. The normalized spacial score (nSPS) is 13.5. The van der Waals surface area contributed by atoms with Gasteiger partial charge in [0.1, 0.15) is 19.8 Å². The third-order valence-corrected chi connectivity index (χ3v) is 12.7. The fourth-order valence-electron chi connectivity index (χ4n) is 7.65. The van der Waals surface area contributed by atoms with Gasteiger partial charge >= 0.3 is 11.9 Å². The number of quaternary nitrogens is 1. The molecular formula is C52H102NO8P. The van der Waals surface area contributed by atoms with Crippen LogP contribution in [0.2, 0.25) is 0 Å². The molecule has 0 aromatic rings. The summed E-state index contributed by atoms with van der Waals surface area (Å²) in [6.45, 7) is 4.28. The predicted octanol–water partition coefficient (Wildman–Crippen LogP) is 15.1. The van der Waals surface area contributed by atoms with Crippen molar-refractivity contribution in [2.45, 2.75) is 264 Å². The van der Waals surface area contributed by atoms with Crippen LogP contribution in [0.25, 0.3) is 0 Å². The first-order valence-electron chi connectivity index (χ1n) is 26.4. The third-order valence-electron chi connectivity index (χ3n) is 11.8. The van der Waals surface area contributed by atoms with E-state index < -0.39 is 26.5 Å². The minimum absolute atomic E-state index is 0.0271. The summed E-state index contributed by atoms with van der Waals surface area (Å²) in [5.74, 6) is -0.818. The number of esters is 2. The zero-order chi connectivity index (χ0) is 45.7. The summed E-state index contributed by atoms with van der Waals surface area (Å²) in [7, 11) is 1.18. The second-order valence-electron chi connectivity index (χ2n) is 19.2. The van der Waals surface area contributed by atoms with Crippen molar-refractivity contribution >= 4 is 19.8 Å². The molecule has 0 heterocycles. The first-order valence-corrected chi connectivity index (χ1v) is 27.9. The SMILES string of the molecule is CCCCCCCC/C=C\CCCCCCCCCCCCCC(=O)OC[C@H](COP(=O)([O-])OCC[N+](C)(C)C)OC(=O)CCCCCCCCCCCCCCCCCCC. The minimum Gasteiger partial charge on any atom is -0.756 e. The van der Waals surface area contributed by atoms with Gasteiger partial charge in [-0.1, -0.05) is 219 Å². The second kappa shape index (κ2) is 44.9. The molecule has 9 nitrogen and oxygen atoms in total. The van der Waals surface area contributed by atoms with E-state index in [9.17, 15) is 19.0 Å². The Kier molecular flexibility index (Phi) is 44.0. The molecule has 62 heavy (non-hydrogen) atoms. The molecule has 368 valence electrons. The number of hydrogen-bond donors (Lipinski definition) is 0. The minimum atomic E-state index is -4.62. The van der Waals surface area contributed by atoms with E-state index in [1.54, 1.807) is 0 Å². The molecule has 1 unspecified atom stereocenters. The number of ether oxygens (including phenoxy) is 2. The van der Waals surface area contributed by atoms with Gasteiger partial charge in [0, 0.05) is 12.8 Å². The lowest BCUT2D eigenvalue weighted by molar-refractivity contribution is -0.870. The predicted molar refractivity (Wildman–Crippen MR) is 259 cm³/mol. The van der Waals surface area contributed by atoms with Gasteiger partial charge in [-0.25, -0.2) is 0 Å². The van der Waals surface area contributed by atoms with Crippen LogP contribution in [-0.4, -0.2) is 70.0 Å². The van der Waals surface area contributed by atoms with Gasteiger partial charge in [-0.3, -0.25) is 14.2 Å². The van der Waals surface area contributed by atoms with Crippen molar-refractivity contribution in [2.24, 2.45) is 0 Å². The first-order chi connectivity index (χ1) is 30.0. The fraction of sp³-hybridized carbons (Fsp3) is 0.923. The molecule has 10 heteroatoms. The van der Waals surface area contributed by atoms with Gasteiger partial charge < -0.3 is 27.9 Å². The zero-order valence-electron chi connectivity index (χ0n) is 41.6. The van der Waals surface area contributed by atoms with Gasteiger partial charge in [-0.15, -0.1) is 0 Å². The molecule has 0 rings (SSSR count). The van der Waals surface area contributed by atoms with E-state index >= 15 is 0 Å². The van der Waals surface area contributed by atoms with Crippen molar-refractivity contribution < 1.29 is 42.1 Å². The molecule has 0 saturated heterocycles. The maximum absolute atomic E-state index is 12.7. The molecule has 0 radical (unpaired) electrons. The van der Waals surface area contributed by atoms with Gasteiger partial charge in [0.15, 0.2) is 6.10 Å². The molecule has 0 amide bonds. The lowest BCUT2D eigenvalue weighted by atomic mass is 10.0. The molecule has 0 aliphatic heterocycles. The Hall–Kier alpha value is -1.25. The lowest BCUT2D eigenvalue weighted by Gasteiger charge is -2.28. The number of unbranched alkanes of at least 4 members (excludes halogenated alkanes) is 33. The van der Waals surface area contributed by atoms with Crippen molar-refractivity contribution in [3.8, 4) is 0 Å². The van der Waals surface area contributed by atoms with Crippen LogP contribution in [-0.2, 0) is 32.7 Å². The highest BCUT2D eigenvalue weighted by molar-refractivity contribution is 7.45. The smallest absolute Gasteiger partial charge is 0.306 e. The maximum Gasteiger partial charge on any atom is 0.306 e. The number of allylic oxidation sites excluding steroid dienone is 2. The van der Waals surface area contributed by atoms with E-state index in [0.29, 0.717) is 17.4 Å². The Labute approximate surface area is 384 Å². The van der Waals surface area contributed by atoms with Crippen molar-refractivity contribution in [2.75, 3.05) is 47.5 Å². The van der Waals surface area contributed by atoms with Gasteiger partial charge in [-0.2, -0.15) is 0 Å².